The van der Waals surface area contributed by atoms with Gasteiger partial charge in [0.1, 0.15) is 5.78 Å². The Balaban J connectivity index is 2.16. The standard InChI is InChI=1S/C15H20N2OS/c1-9-6-11-12(7-10(9)2)17-14(16-11)19-8-13(18)15(3,4)5/h6-7H,8H2,1-5H3,(H,16,17). The Hall–Kier alpha value is -1.29. The van der Waals surface area contributed by atoms with Crippen molar-refractivity contribution in [2.75, 3.05) is 5.75 Å². The van der Waals surface area contributed by atoms with Crippen LogP contribution in [0.2, 0.25) is 0 Å². The summed E-state index contributed by atoms with van der Waals surface area (Å²) in [4.78, 5) is 19.7. The third kappa shape index (κ3) is 3.18. The van der Waals surface area contributed by atoms with E-state index < -0.39 is 0 Å². The first-order valence-electron chi connectivity index (χ1n) is 6.40. The number of hydrogen-bond acceptors (Lipinski definition) is 3. The van der Waals surface area contributed by atoms with Gasteiger partial charge in [0.15, 0.2) is 5.16 Å². The number of carbonyl (C=O) groups is 1. The van der Waals surface area contributed by atoms with Crippen LogP contribution in [0.5, 0.6) is 0 Å². The van der Waals surface area contributed by atoms with Gasteiger partial charge in [-0.25, -0.2) is 4.98 Å². The molecule has 102 valence electrons. The van der Waals surface area contributed by atoms with E-state index in [1.54, 1.807) is 0 Å². The number of benzene rings is 1. The summed E-state index contributed by atoms with van der Waals surface area (Å²) in [6.45, 7) is 10.0. The molecule has 1 N–H and O–H groups in total. The van der Waals surface area contributed by atoms with Crippen molar-refractivity contribution >= 4 is 28.6 Å². The summed E-state index contributed by atoms with van der Waals surface area (Å²) in [7, 11) is 0. The van der Waals surface area contributed by atoms with Crippen molar-refractivity contribution in [1.82, 2.24) is 9.97 Å². The van der Waals surface area contributed by atoms with Gasteiger partial charge in [-0.3, -0.25) is 4.79 Å². The smallest absolute Gasteiger partial charge is 0.166 e. The molecular weight excluding hydrogens is 256 g/mol. The molecule has 4 heteroatoms. The number of H-pyrrole nitrogens is 1. The van der Waals surface area contributed by atoms with Crippen LogP contribution in [0.25, 0.3) is 11.0 Å². The fraction of sp³-hybridized carbons (Fsp3) is 0.467. The Morgan fingerprint density at radius 2 is 1.89 bits per heavy atom. The van der Waals surface area contributed by atoms with Gasteiger partial charge in [0, 0.05) is 5.41 Å². The number of fused-ring (bicyclic) bond motifs is 1. The molecule has 0 fully saturated rings. The Labute approximate surface area is 118 Å². The van der Waals surface area contributed by atoms with Crippen LogP contribution >= 0.6 is 11.8 Å². The lowest BCUT2D eigenvalue weighted by Crippen LogP contribution is -2.22. The number of hydrogen-bond donors (Lipinski definition) is 1. The van der Waals surface area contributed by atoms with Gasteiger partial charge < -0.3 is 4.98 Å². The molecule has 19 heavy (non-hydrogen) atoms. The molecule has 1 aromatic carbocycles. The van der Waals surface area contributed by atoms with E-state index in [0.717, 1.165) is 16.2 Å². The van der Waals surface area contributed by atoms with Crippen LogP contribution in [0.15, 0.2) is 17.3 Å². The minimum Gasteiger partial charge on any atom is -0.333 e. The number of aromatic amines is 1. The zero-order valence-electron chi connectivity index (χ0n) is 12.1. The number of rotatable bonds is 3. The number of imidazole rings is 1. The first-order chi connectivity index (χ1) is 8.77. The normalized spacial score (nSPS) is 12.1. The lowest BCUT2D eigenvalue weighted by atomic mass is 9.92. The SMILES string of the molecule is Cc1cc2nc(SCC(=O)C(C)(C)C)[nH]c2cc1C. The molecule has 0 saturated carbocycles. The summed E-state index contributed by atoms with van der Waals surface area (Å²) in [5.41, 5.74) is 4.20. The van der Waals surface area contributed by atoms with Crippen molar-refractivity contribution in [3.05, 3.63) is 23.3 Å². The largest absolute Gasteiger partial charge is 0.333 e. The van der Waals surface area contributed by atoms with Gasteiger partial charge in [-0.05, 0) is 37.1 Å². The van der Waals surface area contributed by atoms with Gasteiger partial charge in [0.2, 0.25) is 0 Å². The maximum atomic E-state index is 11.9. The molecule has 0 unspecified atom stereocenters. The molecule has 0 bridgehead atoms. The topological polar surface area (TPSA) is 45.8 Å². The number of carbonyl (C=O) groups excluding carboxylic acids is 1. The summed E-state index contributed by atoms with van der Waals surface area (Å²) in [5, 5.41) is 0.817. The highest BCUT2D eigenvalue weighted by atomic mass is 32.2. The van der Waals surface area contributed by atoms with Crippen LogP contribution in [-0.2, 0) is 4.79 Å². The monoisotopic (exact) mass is 276 g/mol. The van der Waals surface area contributed by atoms with Crippen LogP contribution in [0.4, 0.5) is 0 Å². The van der Waals surface area contributed by atoms with E-state index in [4.69, 9.17) is 0 Å². The van der Waals surface area contributed by atoms with E-state index in [9.17, 15) is 4.79 Å². The van der Waals surface area contributed by atoms with E-state index >= 15 is 0 Å². The number of aryl methyl sites for hydroxylation is 2. The second-order valence-electron chi connectivity index (χ2n) is 5.96. The quantitative estimate of drug-likeness (QED) is 0.865. The highest BCUT2D eigenvalue weighted by molar-refractivity contribution is 7.99. The van der Waals surface area contributed by atoms with Crippen LogP contribution in [0, 0.1) is 19.3 Å². The minimum atomic E-state index is -0.286. The number of nitrogens with one attached hydrogen (secondary N) is 1. The fourth-order valence-corrected chi connectivity index (χ4v) is 2.71. The maximum Gasteiger partial charge on any atom is 0.166 e. The molecule has 2 rings (SSSR count). The third-order valence-electron chi connectivity index (χ3n) is 3.25. The van der Waals surface area contributed by atoms with Gasteiger partial charge in [0.05, 0.1) is 16.8 Å². The first kappa shape index (κ1) is 14.1. The zero-order chi connectivity index (χ0) is 14.2. The molecule has 0 amide bonds. The first-order valence-corrected chi connectivity index (χ1v) is 7.39. The molecule has 2 aromatic rings. The van der Waals surface area contributed by atoms with E-state index in [0.29, 0.717) is 5.75 Å². The van der Waals surface area contributed by atoms with Crippen molar-refractivity contribution < 1.29 is 4.79 Å². The predicted molar refractivity (Wildman–Crippen MR) is 80.8 cm³/mol. The van der Waals surface area contributed by atoms with Crippen molar-refractivity contribution in [3.63, 3.8) is 0 Å². The summed E-state index contributed by atoms with van der Waals surface area (Å²) >= 11 is 1.48. The number of ketones is 1. The van der Waals surface area contributed by atoms with E-state index in [-0.39, 0.29) is 11.2 Å². The van der Waals surface area contributed by atoms with Crippen LogP contribution in [0.1, 0.15) is 31.9 Å². The second-order valence-corrected chi connectivity index (χ2v) is 6.92. The van der Waals surface area contributed by atoms with E-state index in [2.05, 4.69) is 35.9 Å². The summed E-state index contributed by atoms with van der Waals surface area (Å²) in [6.07, 6.45) is 0. The van der Waals surface area contributed by atoms with Gasteiger partial charge in [-0.15, -0.1) is 0 Å². The Morgan fingerprint density at radius 3 is 2.53 bits per heavy atom. The van der Waals surface area contributed by atoms with Crippen LogP contribution in [0.3, 0.4) is 0 Å². The number of Topliss-reactive ketones (excluding diaryl/α,β-unsaturated/α-hetero) is 1. The van der Waals surface area contributed by atoms with Crippen molar-refractivity contribution in [1.29, 1.82) is 0 Å². The average molecular weight is 276 g/mol. The molecule has 0 aliphatic heterocycles. The molecule has 0 atom stereocenters. The minimum absolute atomic E-state index is 0.241. The Kier molecular flexibility index (Phi) is 3.72. The summed E-state index contributed by atoms with van der Waals surface area (Å²) < 4.78 is 0. The predicted octanol–water partition coefficient (Wildman–Crippen LogP) is 3.89. The second kappa shape index (κ2) is 5.00. The van der Waals surface area contributed by atoms with Crippen molar-refractivity contribution in [2.24, 2.45) is 5.41 Å². The molecular formula is C15H20N2OS. The molecule has 1 aromatic heterocycles. The molecule has 0 aliphatic carbocycles. The third-order valence-corrected chi connectivity index (χ3v) is 4.13. The summed E-state index contributed by atoms with van der Waals surface area (Å²) in [5.74, 6) is 0.701. The number of nitrogens with zero attached hydrogens (tertiary/aromatic N) is 1. The highest BCUT2D eigenvalue weighted by Gasteiger charge is 2.21. The Bertz CT molecular complexity index is 584. The molecule has 0 saturated heterocycles. The van der Waals surface area contributed by atoms with E-state index in [1.807, 2.05) is 20.8 Å². The number of aromatic nitrogens is 2. The molecule has 1 heterocycles. The van der Waals surface area contributed by atoms with Crippen molar-refractivity contribution in [3.8, 4) is 0 Å². The van der Waals surface area contributed by atoms with Crippen LogP contribution in [-0.4, -0.2) is 21.5 Å². The van der Waals surface area contributed by atoms with E-state index in [1.165, 1.54) is 22.9 Å². The Morgan fingerprint density at radius 1 is 1.26 bits per heavy atom. The summed E-state index contributed by atoms with van der Waals surface area (Å²) in [6, 6.07) is 4.18. The lowest BCUT2D eigenvalue weighted by molar-refractivity contribution is -0.123. The fourth-order valence-electron chi connectivity index (χ4n) is 1.66. The van der Waals surface area contributed by atoms with Gasteiger partial charge in [-0.2, -0.15) is 0 Å². The molecule has 0 aliphatic rings. The van der Waals surface area contributed by atoms with Crippen LogP contribution < -0.4 is 0 Å². The molecule has 0 radical (unpaired) electrons. The zero-order valence-corrected chi connectivity index (χ0v) is 12.9. The van der Waals surface area contributed by atoms with Gasteiger partial charge in [-0.1, -0.05) is 32.5 Å². The maximum absolute atomic E-state index is 11.9. The lowest BCUT2D eigenvalue weighted by Gasteiger charge is -2.15. The van der Waals surface area contributed by atoms with Gasteiger partial charge in [0.25, 0.3) is 0 Å². The molecule has 3 nitrogen and oxygen atoms in total. The highest BCUT2D eigenvalue weighted by Crippen LogP contribution is 2.24. The average Bonchev–Trinajstić information content (AvgIpc) is 2.67. The van der Waals surface area contributed by atoms with Gasteiger partial charge >= 0.3 is 0 Å². The van der Waals surface area contributed by atoms with Crippen molar-refractivity contribution in [2.45, 2.75) is 39.8 Å². The molecule has 0 spiro atoms. The number of thioether (sulfide) groups is 1.